The molecule has 0 heterocycles. The number of hydrogen-bond donors (Lipinski definition) is 1. The van der Waals surface area contributed by atoms with E-state index in [-0.39, 0.29) is 6.09 Å². The molecule has 1 rings (SSSR count). The number of carbonyl (C=O) groups excluding carboxylic acids is 1. The van der Waals surface area contributed by atoms with Crippen LogP contribution >= 0.6 is 15.9 Å². The van der Waals surface area contributed by atoms with Gasteiger partial charge in [-0.2, -0.15) is 0 Å². The van der Waals surface area contributed by atoms with E-state index in [4.69, 9.17) is 4.74 Å². The van der Waals surface area contributed by atoms with Gasteiger partial charge in [0, 0.05) is 11.0 Å². The Kier molecular flexibility index (Phi) is 5.93. The Labute approximate surface area is 104 Å². The van der Waals surface area contributed by atoms with Crippen LogP contribution in [0.1, 0.15) is 25.3 Å². The zero-order valence-corrected chi connectivity index (χ0v) is 10.9. The van der Waals surface area contributed by atoms with Crippen molar-refractivity contribution < 1.29 is 9.53 Å². The van der Waals surface area contributed by atoms with Crippen molar-refractivity contribution in [3.8, 4) is 0 Å². The largest absolute Gasteiger partial charge is 0.450 e. The first-order valence-electron chi connectivity index (χ1n) is 5.38. The number of nitrogens with one attached hydrogen (secondary N) is 1. The van der Waals surface area contributed by atoms with E-state index in [1.165, 1.54) is 0 Å². The van der Waals surface area contributed by atoms with Gasteiger partial charge in [0.15, 0.2) is 0 Å². The highest BCUT2D eigenvalue weighted by Crippen LogP contribution is 2.15. The van der Waals surface area contributed by atoms with Gasteiger partial charge >= 0.3 is 6.09 Å². The summed E-state index contributed by atoms with van der Waals surface area (Å²) in [7, 11) is 0. The van der Waals surface area contributed by atoms with E-state index in [2.05, 4.69) is 28.2 Å². The summed E-state index contributed by atoms with van der Waals surface area (Å²) < 4.78 is 5.97. The smallest absolute Gasteiger partial charge is 0.407 e. The van der Waals surface area contributed by atoms with Gasteiger partial charge in [-0.05, 0) is 18.1 Å². The van der Waals surface area contributed by atoms with Crippen LogP contribution < -0.4 is 5.32 Å². The maximum Gasteiger partial charge on any atom is 0.407 e. The molecule has 0 radical (unpaired) electrons. The van der Waals surface area contributed by atoms with E-state index < -0.39 is 0 Å². The molecule has 0 aliphatic heterocycles. The van der Waals surface area contributed by atoms with Crippen molar-refractivity contribution in [2.45, 2.75) is 26.3 Å². The summed E-state index contributed by atoms with van der Waals surface area (Å²) in [5, 5.41) is 2.71. The van der Waals surface area contributed by atoms with Crippen molar-refractivity contribution in [3.63, 3.8) is 0 Å². The predicted octanol–water partition coefficient (Wildman–Crippen LogP) is 3.48. The lowest BCUT2D eigenvalue weighted by Crippen LogP contribution is -2.24. The fourth-order valence-corrected chi connectivity index (χ4v) is 1.59. The maximum absolute atomic E-state index is 11.3. The fourth-order valence-electron chi connectivity index (χ4n) is 1.17. The molecule has 0 aliphatic rings. The quantitative estimate of drug-likeness (QED) is 0.842. The summed E-state index contributed by atoms with van der Waals surface area (Å²) in [6.45, 7) is 3.02. The van der Waals surface area contributed by atoms with Gasteiger partial charge in [-0.15, -0.1) is 0 Å². The molecular formula is C12H16BrNO2. The summed E-state index contributed by atoms with van der Waals surface area (Å²) in [5.74, 6) is 0. The molecule has 1 amide bonds. The predicted molar refractivity (Wildman–Crippen MR) is 67.2 cm³/mol. The van der Waals surface area contributed by atoms with Crippen LogP contribution in [0, 0.1) is 0 Å². The molecule has 0 saturated carbocycles. The third-order valence-corrected chi connectivity index (χ3v) is 2.89. The van der Waals surface area contributed by atoms with Gasteiger partial charge in [0.05, 0.1) is 6.61 Å². The average Bonchev–Trinajstić information content (AvgIpc) is 2.28. The molecule has 1 aromatic rings. The molecular weight excluding hydrogens is 270 g/mol. The topological polar surface area (TPSA) is 38.3 Å². The standard InChI is InChI=1S/C12H16BrNO2/c1-2-3-8-16-12(15)14-9-10-6-4-5-7-11(10)13/h4-7H,2-3,8-9H2,1H3,(H,14,15). The molecule has 3 nitrogen and oxygen atoms in total. The van der Waals surface area contributed by atoms with E-state index in [0.29, 0.717) is 13.2 Å². The van der Waals surface area contributed by atoms with Gasteiger partial charge in [0.25, 0.3) is 0 Å². The molecule has 88 valence electrons. The lowest BCUT2D eigenvalue weighted by molar-refractivity contribution is 0.144. The molecule has 16 heavy (non-hydrogen) atoms. The van der Waals surface area contributed by atoms with E-state index in [9.17, 15) is 4.79 Å². The molecule has 0 spiro atoms. The number of carbonyl (C=O) groups is 1. The fraction of sp³-hybridized carbons (Fsp3) is 0.417. The van der Waals surface area contributed by atoms with Crippen LogP contribution in [0.2, 0.25) is 0 Å². The Morgan fingerprint density at radius 1 is 1.44 bits per heavy atom. The van der Waals surface area contributed by atoms with Crippen LogP contribution in [-0.4, -0.2) is 12.7 Å². The molecule has 0 bridgehead atoms. The van der Waals surface area contributed by atoms with Crippen LogP contribution in [-0.2, 0) is 11.3 Å². The number of halogens is 1. The number of alkyl carbamates (subject to hydrolysis) is 1. The van der Waals surface area contributed by atoms with Crippen LogP contribution in [0.5, 0.6) is 0 Å². The minimum atomic E-state index is -0.357. The summed E-state index contributed by atoms with van der Waals surface area (Å²) in [6.07, 6.45) is 1.57. The minimum absolute atomic E-state index is 0.357. The SMILES string of the molecule is CCCCOC(=O)NCc1ccccc1Br. The molecule has 0 fully saturated rings. The zero-order valence-electron chi connectivity index (χ0n) is 9.33. The van der Waals surface area contributed by atoms with Crippen molar-refractivity contribution in [1.82, 2.24) is 5.32 Å². The number of hydrogen-bond acceptors (Lipinski definition) is 2. The minimum Gasteiger partial charge on any atom is -0.450 e. The van der Waals surface area contributed by atoms with Crippen molar-refractivity contribution in [2.75, 3.05) is 6.61 Å². The van der Waals surface area contributed by atoms with Crippen molar-refractivity contribution in [2.24, 2.45) is 0 Å². The van der Waals surface area contributed by atoms with Gasteiger partial charge < -0.3 is 10.1 Å². The number of rotatable bonds is 5. The number of ether oxygens (including phenoxy) is 1. The van der Waals surface area contributed by atoms with Crippen LogP contribution in [0.15, 0.2) is 28.7 Å². The van der Waals surface area contributed by atoms with E-state index in [1.807, 2.05) is 24.3 Å². The van der Waals surface area contributed by atoms with E-state index >= 15 is 0 Å². The maximum atomic E-state index is 11.3. The number of amides is 1. The summed E-state index contributed by atoms with van der Waals surface area (Å²) in [6, 6.07) is 7.77. The molecule has 0 aliphatic carbocycles. The molecule has 0 atom stereocenters. The second kappa shape index (κ2) is 7.28. The first-order chi connectivity index (χ1) is 7.74. The molecule has 1 aromatic carbocycles. The van der Waals surface area contributed by atoms with Crippen molar-refractivity contribution in [1.29, 1.82) is 0 Å². The Bertz CT molecular complexity index is 342. The van der Waals surface area contributed by atoms with E-state index in [0.717, 1.165) is 22.9 Å². The summed E-state index contributed by atoms with van der Waals surface area (Å²) in [5.41, 5.74) is 1.04. The van der Waals surface area contributed by atoms with Gasteiger partial charge in [-0.3, -0.25) is 0 Å². The lowest BCUT2D eigenvalue weighted by Gasteiger charge is -2.07. The Balaban J connectivity index is 2.29. The van der Waals surface area contributed by atoms with Gasteiger partial charge in [0.2, 0.25) is 0 Å². The van der Waals surface area contributed by atoms with Crippen LogP contribution in [0.3, 0.4) is 0 Å². The first kappa shape index (κ1) is 13.0. The molecule has 0 unspecified atom stereocenters. The lowest BCUT2D eigenvalue weighted by atomic mass is 10.2. The summed E-state index contributed by atoms with van der Waals surface area (Å²) >= 11 is 3.42. The third kappa shape index (κ3) is 4.66. The highest BCUT2D eigenvalue weighted by molar-refractivity contribution is 9.10. The highest BCUT2D eigenvalue weighted by atomic mass is 79.9. The average molecular weight is 286 g/mol. The Hall–Kier alpha value is -1.03. The monoisotopic (exact) mass is 285 g/mol. The van der Waals surface area contributed by atoms with Crippen LogP contribution in [0.4, 0.5) is 4.79 Å². The molecule has 0 saturated heterocycles. The van der Waals surface area contributed by atoms with Gasteiger partial charge in [-0.1, -0.05) is 47.5 Å². The number of benzene rings is 1. The Morgan fingerprint density at radius 2 is 2.19 bits per heavy atom. The van der Waals surface area contributed by atoms with E-state index in [1.54, 1.807) is 0 Å². The normalized spacial score (nSPS) is 9.88. The second-order valence-corrected chi connectivity index (χ2v) is 4.29. The third-order valence-electron chi connectivity index (χ3n) is 2.11. The van der Waals surface area contributed by atoms with Gasteiger partial charge in [0.1, 0.15) is 0 Å². The van der Waals surface area contributed by atoms with Crippen LogP contribution in [0.25, 0.3) is 0 Å². The highest BCUT2D eigenvalue weighted by Gasteiger charge is 2.03. The van der Waals surface area contributed by atoms with Crippen molar-refractivity contribution >= 4 is 22.0 Å². The van der Waals surface area contributed by atoms with Gasteiger partial charge in [-0.25, -0.2) is 4.79 Å². The molecule has 1 N–H and O–H groups in total. The first-order valence-corrected chi connectivity index (χ1v) is 6.17. The van der Waals surface area contributed by atoms with Crippen molar-refractivity contribution in [3.05, 3.63) is 34.3 Å². The second-order valence-electron chi connectivity index (χ2n) is 3.43. The number of unbranched alkanes of at least 4 members (excludes halogenated alkanes) is 1. The molecule has 0 aromatic heterocycles. The zero-order chi connectivity index (χ0) is 11.8. The summed E-state index contributed by atoms with van der Waals surface area (Å²) in [4.78, 5) is 11.3. The Morgan fingerprint density at radius 3 is 2.88 bits per heavy atom. The molecule has 4 heteroatoms.